The highest BCUT2D eigenvalue weighted by Crippen LogP contribution is 2.12. The maximum absolute atomic E-state index is 11.1. The fourth-order valence-electron chi connectivity index (χ4n) is 1.51. The molecular weight excluding hydrogens is 244 g/mol. The first-order valence-electron chi connectivity index (χ1n) is 5.28. The number of hydrogen-bond acceptors (Lipinski definition) is 6. The fourth-order valence-corrected chi connectivity index (χ4v) is 1.51. The van der Waals surface area contributed by atoms with Crippen molar-refractivity contribution < 1.29 is 29.1 Å². The van der Waals surface area contributed by atoms with E-state index >= 15 is 0 Å². The predicted molar refractivity (Wildman–Crippen MR) is 54.0 cm³/mol. The van der Waals surface area contributed by atoms with Crippen molar-refractivity contribution in [2.45, 2.75) is 12.8 Å². The molecule has 8 nitrogen and oxygen atoms in total. The molecule has 0 saturated carbocycles. The zero-order chi connectivity index (χ0) is 13.1. The second-order valence-corrected chi connectivity index (χ2v) is 3.64. The Morgan fingerprint density at radius 2 is 1.56 bits per heavy atom. The Balaban J connectivity index is 1.70. The molecule has 0 aromatic carbocycles. The molecule has 2 aliphatic rings. The van der Waals surface area contributed by atoms with Gasteiger partial charge in [0.25, 0.3) is 23.6 Å². The van der Waals surface area contributed by atoms with E-state index in [1.807, 2.05) is 0 Å². The third-order valence-electron chi connectivity index (χ3n) is 2.43. The van der Waals surface area contributed by atoms with Gasteiger partial charge in [-0.1, -0.05) is 0 Å². The Bertz CT molecular complexity index is 406. The van der Waals surface area contributed by atoms with Crippen LogP contribution in [0, 0.1) is 0 Å². The lowest BCUT2D eigenvalue weighted by Gasteiger charge is -2.15. The van der Waals surface area contributed by atoms with Crippen LogP contribution in [0.1, 0.15) is 12.8 Å². The van der Waals surface area contributed by atoms with E-state index < -0.39 is 23.6 Å². The van der Waals surface area contributed by atoms with Gasteiger partial charge >= 0.3 is 0 Å². The Labute approximate surface area is 102 Å². The number of nitrogens with zero attached hydrogens (tertiary/aromatic N) is 2. The van der Waals surface area contributed by atoms with Gasteiger partial charge in [-0.15, -0.1) is 10.1 Å². The zero-order valence-corrected chi connectivity index (χ0v) is 9.33. The van der Waals surface area contributed by atoms with Gasteiger partial charge in [-0.2, -0.15) is 0 Å². The van der Waals surface area contributed by atoms with E-state index in [-0.39, 0.29) is 26.0 Å². The van der Waals surface area contributed by atoms with Gasteiger partial charge in [0.1, 0.15) is 6.61 Å². The second kappa shape index (κ2) is 5.07. The summed E-state index contributed by atoms with van der Waals surface area (Å²) < 4.78 is 0. The Morgan fingerprint density at radius 3 is 2.11 bits per heavy atom. The lowest BCUT2D eigenvalue weighted by molar-refractivity contribution is -0.393. The summed E-state index contributed by atoms with van der Waals surface area (Å²) in [6, 6.07) is 0. The number of amides is 4. The van der Waals surface area contributed by atoms with Gasteiger partial charge in [-0.3, -0.25) is 24.1 Å². The minimum absolute atomic E-state index is 0.0130. The van der Waals surface area contributed by atoms with Gasteiger partial charge in [-0.05, 0) is 0 Å². The fraction of sp³-hybridized carbons (Fsp3) is 0.400. The van der Waals surface area contributed by atoms with Crippen LogP contribution >= 0.6 is 0 Å². The molecule has 0 bridgehead atoms. The molecule has 2 heterocycles. The topological polar surface area (TPSA) is 93.2 Å². The SMILES string of the molecule is O=C1C=CC(=O)N1CCOON1C(=O)CCC1=O. The van der Waals surface area contributed by atoms with E-state index in [9.17, 15) is 19.2 Å². The van der Waals surface area contributed by atoms with Gasteiger partial charge < -0.3 is 0 Å². The summed E-state index contributed by atoms with van der Waals surface area (Å²) in [6.07, 6.45) is 2.48. The van der Waals surface area contributed by atoms with Crippen molar-refractivity contribution in [1.29, 1.82) is 0 Å². The van der Waals surface area contributed by atoms with Crippen molar-refractivity contribution in [2.75, 3.05) is 13.2 Å². The van der Waals surface area contributed by atoms with Crippen LogP contribution in [0.5, 0.6) is 0 Å². The van der Waals surface area contributed by atoms with E-state index in [4.69, 9.17) is 0 Å². The summed E-state index contributed by atoms with van der Waals surface area (Å²) in [4.78, 5) is 54.6. The van der Waals surface area contributed by atoms with Crippen LogP contribution in [0.4, 0.5) is 0 Å². The second-order valence-electron chi connectivity index (χ2n) is 3.64. The van der Waals surface area contributed by atoms with E-state index in [0.29, 0.717) is 5.06 Å². The number of hydrogen-bond donors (Lipinski definition) is 0. The van der Waals surface area contributed by atoms with Crippen LogP contribution in [0.25, 0.3) is 0 Å². The van der Waals surface area contributed by atoms with E-state index in [1.165, 1.54) is 0 Å². The number of imide groups is 2. The number of rotatable bonds is 5. The zero-order valence-electron chi connectivity index (χ0n) is 9.33. The van der Waals surface area contributed by atoms with Crippen molar-refractivity contribution >= 4 is 23.6 Å². The Hall–Kier alpha value is -2.06. The lowest BCUT2D eigenvalue weighted by Crippen LogP contribution is -2.35. The summed E-state index contributed by atoms with van der Waals surface area (Å²) in [5, 5.41) is 0.534. The molecule has 1 saturated heterocycles. The van der Waals surface area contributed by atoms with Crippen LogP contribution in [-0.2, 0) is 29.1 Å². The standard InChI is InChI=1S/C10H10N2O6/c13-7-1-2-8(14)11(7)5-6-17-18-12-9(15)3-4-10(12)16/h1-2H,3-6H2. The minimum Gasteiger partial charge on any atom is -0.273 e. The molecule has 96 valence electrons. The molecule has 8 heteroatoms. The molecule has 1 fully saturated rings. The lowest BCUT2D eigenvalue weighted by atomic mass is 10.4. The van der Waals surface area contributed by atoms with Crippen LogP contribution in [0.3, 0.4) is 0 Å². The van der Waals surface area contributed by atoms with E-state index in [1.54, 1.807) is 0 Å². The van der Waals surface area contributed by atoms with Crippen molar-refractivity contribution in [3.63, 3.8) is 0 Å². The van der Waals surface area contributed by atoms with Gasteiger partial charge in [0.2, 0.25) is 0 Å². The molecule has 0 aromatic rings. The van der Waals surface area contributed by atoms with Gasteiger partial charge in [0.15, 0.2) is 0 Å². The molecule has 0 atom stereocenters. The molecule has 0 aromatic heterocycles. The summed E-state index contributed by atoms with van der Waals surface area (Å²) >= 11 is 0. The summed E-state index contributed by atoms with van der Waals surface area (Å²) in [7, 11) is 0. The van der Waals surface area contributed by atoms with Gasteiger partial charge in [0.05, 0.1) is 6.54 Å². The highest BCUT2D eigenvalue weighted by Gasteiger charge is 2.31. The average molecular weight is 254 g/mol. The first kappa shape index (κ1) is 12.4. The van der Waals surface area contributed by atoms with Crippen LogP contribution in [-0.4, -0.2) is 46.7 Å². The number of hydroxylamine groups is 2. The van der Waals surface area contributed by atoms with Crippen molar-refractivity contribution in [3.8, 4) is 0 Å². The molecule has 18 heavy (non-hydrogen) atoms. The van der Waals surface area contributed by atoms with Crippen molar-refractivity contribution in [3.05, 3.63) is 12.2 Å². The van der Waals surface area contributed by atoms with E-state index in [2.05, 4.69) is 9.88 Å². The number of carbonyl (C=O) groups is 4. The molecule has 0 radical (unpaired) electrons. The molecule has 0 N–H and O–H groups in total. The van der Waals surface area contributed by atoms with E-state index in [0.717, 1.165) is 17.1 Å². The molecular formula is C10H10N2O6. The monoisotopic (exact) mass is 254 g/mol. The minimum atomic E-state index is -0.477. The largest absolute Gasteiger partial charge is 0.273 e. The summed E-state index contributed by atoms with van der Waals surface area (Å²) in [6.45, 7) is -0.142. The molecule has 0 aliphatic carbocycles. The highest BCUT2D eigenvalue weighted by molar-refractivity contribution is 6.12. The van der Waals surface area contributed by atoms with Crippen molar-refractivity contribution in [2.24, 2.45) is 0 Å². The van der Waals surface area contributed by atoms with Gasteiger partial charge in [-0.25, -0.2) is 4.89 Å². The maximum atomic E-state index is 11.1. The van der Waals surface area contributed by atoms with Crippen LogP contribution in [0.15, 0.2) is 12.2 Å². The molecule has 2 aliphatic heterocycles. The Kier molecular flexibility index (Phi) is 3.49. The normalized spacial score (nSPS) is 19.6. The van der Waals surface area contributed by atoms with Crippen LogP contribution < -0.4 is 0 Å². The van der Waals surface area contributed by atoms with Crippen LogP contribution in [0.2, 0.25) is 0 Å². The Morgan fingerprint density at radius 1 is 1.00 bits per heavy atom. The third-order valence-corrected chi connectivity index (χ3v) is 2.43. The highest BCUT2D eigenvalue weighted by atomic mass is 17.3. The van der Waals surface area contributed by atoms with Crippen molar-refractivity contribution in [1.82, 2.24) is 9.96 Å². The van der Waals surface area contributed by atoms with Gasteiger partial charge in [0, 0.05) is 25.0 Å². The predicted octanol–water partition coefficient (Wildman–Crippen LogP) is -1.08. The number of carbonyl (C=O) groups excluding carboxylic acids is 4. The first-order valence-corrected chi connectivity index (χ1v) is 5.28. The quantitative estimate of drug-likeness (QED) is 0.268. The first-order chi connectivity index (χ1) is 8.59. The maximum Gasteiger partial charge on any atom is 0.256 e. The molecule has 0 spiro atoms. The smallest absolute Gasteiger partial charge is 0.256 e. The summed E-state index contributed by atoms with van der Waals surface area (Å²) in [5.74, 6) is -1.82. The third kappa shape index (κ3) is 2.44. The summed E-state index contributed by atoms with van der Waals surface area (Å²) in [5.41, 5.74) is 0. The molecule has 0 unspecified atom stereocenters. The molecule has 4 amide bonds. The molecule has 2 rings (SSSR count). The average Bonchev–Trinajstić information content (AvgIpc) is 2.82.